The topological polar surface area (TPSA) is 105 Å². The van der Waals surface area contributed by atoms with E-state index in [1.54, 1.807) is 0 Å². The second-order valence-electron chi connectivity index (χ2n) is 7.85. The van der Waals surface area contributed by atoms with E-state index in [4.69, 9.17) is 21.4 Å². The van der Waals surface area contributed by atoms with Crippen LogP contribution in [0.1, 0.15) is 23.5 Å². The Labute approximate surface area is 203 Å². The van der Waals surface area contributed by atoms with Crippen molar-refractivity contribution in [3.8, 4) is 11.1 Å². The molecule has 0 spiro atoms. The number of fused-ring (bicyclic) bond motifs is 3. The average molecular weight is 501 g/mol. The second-order valence-corrected chi connectivity index (χ2v) is 8.26. The molecule has 1 aliphatic carbocycles. The molecule has 0 saturated heterocycles. The van der Waals surface area contributed by atoms with E-state index in [0.717, 1.165) is 28.3 Å². The molecule has 10 heteroatoms. The van der Waals surface area contributed by atoms with Crippen molar-refractivity contribution >= 4 is 35.3 Å². The maximum absolute atomic E-state index is 14.0. The molecule has 0 heterocycles. The number of hydrogen-bond acceptors (Lipinski definition) is 4. The third-order valence-corrected chi connectivity index (χ3v) is 5.88. The van der Waals surface area contributed by atoms with Gasteiger partial charge in [0, 0.05) is 12.0 Å². The number of nitrogens with one attached hydrogen (secondary N) is 2. The Bertz CT molecular complexity index is 1250. The summed E-state index contributed by atoms with van der Waals surface area (Å²) in [5.41, 5.74) is 3.46. The van der Waals surface area contributed by atoms with Crippen molar-refractivity contribution < 1.29 is 33.0 Å². The number of aliphatic carboxylic acids is 1. The van der Waals surface area contributed by atoms with Crippen LogP contribution >= 0.6 is 11.6 Å². The van der Waals surface area contributed by atoms with Crippen LogP contribution in [-0.2, 0) is 14.3 Å². The van der Waals surface area contributed by atoms with E-state index in [9.17, 15) is 23.2 Å². The fourth-order valence-corrected chi connectivity index (χ4v) is 4.28. The molecule has 180 valence electrons. The number of halogens is 3. The number of carboxylic acid groups (broad SMARTS) is 1. The van der Waals surface area contributed by atoms with Crippen molar-refractivity contribution in [2.45, 2.75) is 18.4 Å². The van der Waals surface area contributed by atoms with Crippen molar-refractivity contribution in [3.05, 3.63) is 88.4 Å². The van der Waals surface area contributed by atoms with Crippen LogP contribution in [0.4, 0.5) is 19.3 Å². The van der Waals surface area contributed by atoms with Crippen molar-refractivity contribution in [2.24, 2.45) is 0 Å². The van der Waals surface area contributed by atoms with Crippen LogP contribution in [0.2, 0.25) is 5.02 Å². The fraction of sp³-hybridized carbons (Fsp3) is 0.160. The van der Waals surface area contributed by atoms with E-state index < -0.39 is 52.8 Å². The lowest BCUT2D eigenvalue weighted by atomic mass is 9.98. The number of benzene rings is 3. The lowest BCUT2D eigenvalue weighted by Crippen LogP contribution is -2.45. The predicted molar refractivity (Wildman–Crippen MR) is 124 cm³/mol. The molecule has 2 amide bonds. The molecule has 1 aliphatic rings. The van der Waals surface area contributed by atoms with Crippen LogP contribution in [-0.4, -0.2) is 35.7 Å². The van der Waals surface area contributed by atoms with Gasteiger partial charge in [-0.25, -0.2) is 13.6 Å². The van der Waals surface area contributed by atoms with Gasteiger partial charge in [0.05, 0.1) is 17.1 Å². The minimum absolute atomic E-state index is 0.0559. The van der Waals surface area contributed by atoms with E-state index in [0.29, 0.717) is 6.07 Å². The van der Waals surface area contributed by atoms with E-state index >= 15 is 0 Å². The largest absolute Gasteiger partial charge is 0.481 e. The Hall–Kier alpha value is -3.98. The van der Waals surface area contributed by atoms with Crippen LogP contribution in [0, 0.1) is 11.6 Å². The van der Waals surface area contributed by atoms with Crippen LogP contribution in [0.25, 0.3) is 11.1 Å². The average Bonchev–Trinajstić information content (AvgIpc) is 3.13. The minimum atomic E-state index is -1.61. The van der Waals surface area contributed by atoms with E-state index in [2.05, 4.69) is 10.6 Å². The zero-order valence-electron chi connectivity index (χ0n) is 18.1. The summed E-state index contributed by atoms with van der Waals surface area (Å²) in [7, 11) is 0. The van der Waals surface area contributed by atoms with Crippen molar-refractivity contribution in [3.63, 3.8) is 0 Å². The van der Waals surface area contributed by atoms with Gasteiger partial charge in [0.1, 0.15) is 18.5 Å². The molecule has 0 aliphatic heterocycles. The summed E-state index contributed by atoms with van der Waals surface area (Å²) >= 11 is 5.78. The first-order chi connectivity index (χ1) is 16.7. The molecule has 4 rings (SSSR count). The van der Waals surface area contributed by atoms with Crippen molar-refractivity contribution in [1.29, 1.82) is 0 Å². The molecule has 0 bridgehead atoms. The normalized spacial score (nSPS) is 12.9. The summed E-state index contributed by atoms with van der Waals surface area (Å²) in [5, 5.41) is 13.0. The number of hydrogen-bond donors (Lipinski definition) is 3. The van der Waals surface area contributed by atoms with Gasteiger partial charge in [0.2, 0.25) is 5.91 Å². The highest BCUT2D eigenvalue weighted by atomic mass is 35.5. The summed E-state index contributed by atoms with van der Waals surface area (Å²) in [4.78, 5) is 36.3. The van der Waals surface area contributed by atoms with Gasteiger partial charge in [0.25, 0.3) is 0 Å². The highest BCUT2D eigenvalue weighted by Crippen LogP contribution is 2.44. The number of alkyl carbamates (subject to hydrolysis) is 1. The summed E-state index contributed by atoms with van der Waals surface area (Å²) in [6.45, 7) is -0.0559. The Morgan fingerprint density at radius 2 is 1.60 bits per heavy atom. The molecule has 0 fully saturated rings. The SMILES string of the molecule is O=C(O)CC(NC(=O)OCC1c2ccccc2-c2ccccc21)C(=O)Nc1c(F)cc(F)cc1Cl. The van der Waals surface area contributed by atoms with Gasteiger partial charge < -0.3 is 20.5 Å². The van der Waals surface area contributed by atoms with E-state index in [1.165, 1.54) is 0 Å². The van der Waals surface area contributed by atoms with E-state index in [-0.39, 0.29) is 12.5 Å². The van der Waals surface area contributed by atoms with Gasteiger partial charge >= 0.3 is 12.1 Å². The van der Waals surface area contributed by atoms with Crippen LogP contribution in [0.3, 0.4) is 0 Å². The summed E-state index contributed by atoms with van der Waals surface area (Å²) in [6, 6.07) is 15.1. The monoisotopic (exact) mass is 500 g/mol. The smallest absolute Gasteiger partial charge is 0.407 e. The van der Waals surface area contributed by atoms with Gasteiger partial charge in [-0.15, -0.1) is 0 Å². The minimum Gasteiger partial charge on any atom is -0.481 e. The Morgan fingerprint density at radius 1 is 1.00 bits per heavy atom. The summed E-state index contributed by atoms with van der Waals surface area (Å²) in [6.07, 6.45) is -1.84. The zero-order valence-corrected chi connectivity index (χ0v) is 18.8. The van der Waals surface area contributed by atoms with Crippen LogP contribution in [0.5, 0.6) is 0 Å². The quantitative estimate of drug-likeness (QED) is 0.426. The number of anilines is 1. The molecule has 0 saturated carbocycles. The van der Waals surface area contributed by atoms with Gasteiger partial charge in [-0.05, 0) is 28.3 Å². The zero-order chi connectivity index (χ0) is 25.1. The van der Waals surface area contributed by atoms with Gasteiger partial charge in [-0.3, -0.25) is 9.59 Å². The van der Waals surface area contributed by atoms with Crippen molar-refractivity contribution in [2.75, 3.05) is 11.9 Å². The Balaban J connectivity index is 1.45. The molecule has 1 atom stereocenters. The summed E-state index contributed by atoms with van der Waals surface area (Å²) < 4.78 is 32.6. The number of carboxylic acids is 1. The molecule has 3 aromatic carbocycles. The Kier molecular flexibility index (Phi) is 6.97. The predicted octanol–water partition coefficient (Wildman–Crippen LogP) is 4.94. The molecular formula is C25H19ClF2N2O5. The fourth-order valence-electron chi connectivity index (χ4n) is 4.04. The molecular weight excluding hydrogens is 482 g/mol. The lowest BCUT2D eigenvalue weighted by Gasteiger charge is -2.19. The first kappa shape index (κ1) is 24.2. The molecule has 1 unspecified atom stereocenters. The number of ether oxygens (including phenoxy) is 1. The first-order valence-corrected chi connectivity index (χ1v) is 10.9. The van der Waals surface area contributed by atoms with Crippen molar-refractivity contribution in [1.82, 2.24) is 5.32 Å². The molecule has 35 heavy (non-hydrogen) atoms. The number of carbonyl (C=O) groups is 3. The molecule has 3 aromatic rings. The Morgan fingerprint density at radius 3 is 2.17 bits per heavy atom. The third kappa shape index (κ3) is 5.25. The first-order valence-electron chi connectivity index (χ1n) is 10.5. The number of carbonyl (C=O) groups excluding carboxylic acids is 2. The molecule has 0 aromatic heterocycles. The third-order valence-electron chi connectivity index (χ3n) is 5.59. The van der Waals surface area contributed by atoms with Crippen LogP contribution in [0.15, 0.2) is 60.7 Å². The maximum atomic E-state index is 14.0. The highest BCUT2D eigenvalue weighted by Gasteiger charge is 2.30. The number of rotatable bonds is 7. The molecule has 3 N–H and O–H groups in total. The van der Waals surface area contributed by atoms with E-state index in [1.807, 2.05) is 48.5 Å². The molecule has 0 radical (unpaired) electrons. The van der Waals surface area contributed by atoms with Crippen LogP contribution < -0.4 is 10.6 Å². The lowest BCUT2D eigenvalue weighted by molar-refractivity contribution is -0.139. The highest BCUT2D eigenvalue weighted by molar-refractivity contribution is 6.33. The maximum Gasteiger partial charge on any atom is 0.407 e. The van der Waals surface area contributed by atoms with Gasteiger partial charge in [-0.2, -0.15) is 0 Å². The molecule has 7 nitrogen and oxygen atoms in total. The summed E-state index contributed by atoms with van der Waals surface area (Å²) in [5.74, 6) is -4.81. The van der Waals surface area contributed by atoms with Gasteiger partial charge in [-0.1, -0.05) is 60.1 Å². The van der Waals surface area contributed by atoms with Gasteiger partial charge in [0.15, 0.2) is 5.82 Å². The second kappa shape index (κ2) is 10.1. The standard InChI is InChI=1S/C25H19ClF2N2O5/c26-19-9-13(27)10-20(28)23(19)30-24(33)21(11-22(31)32)29-25(34)35-12-18-16-7-3-1-5-14(16)15-6-2-4-8-17(15)18/h1-10,18,21H,11-12H2,(H,29,34)(H,30,33)(H,31,32). The number of amides is 2.